The summed E-state index contributed by atoms with van der Waals surface area (Å²) in [5.41, 5.74) is 3.78. The Bertz CT molecular complexity index is 943. The molecule has 0 saturated carbocycles. The topological polar surface area (TPSA) is 59.4 Å². The molecule has 1 amide bonds. The van der Waals surface area contributed by atoms with E-state index in [1.165, 1.54) is 5.56 Å². The van der Waals surface area contributed by atoms with Crippen LogP contribution in [0.15, 0.2) is 48.5 Å². The third kappa shape index (κ3) is 4.08. The molecule has 146 valence electrons. The highest BCUT2D eigenvalue weighted by Gasteiger charge is 2.15. The molecule has 0 bridgehead atoms. The third-order valence-electron chi connectivity index (χ3n) is 5.05. The van der Waals surface area contributed by atoms with Crippen LogP contribution < -0.4 is 5.32 Å². The number of ether oxygens (including phenoxy) is 1. The molecule has 0 unspecified atom stereocenters. The van der Waals surface area contributed by atoms with Crippen LogP contribution >= 0.6 is 0 Å². The molecule has 6 nitrogen and oxygen atoms in total. The van der Waals surface area contributed by atoms with E-state index in [4.69, 9.17) is 4.74 Å². The number of anilines is 1. The number of imidazole rings is 1. The van der Waals surface area contributed by atoms with Crippen LogP contribution in [0.4, 0.5) is 5.95 Å². The van der Waals surface area contributed by atoms with E-state index < -0.39 is 0 Å². The van der Waals surface area contributed by atoms with Crippen LogP contribution in [0.1, 0.15) is 29.3 Å². The van der Waals surface area contributed by atoms with Gasteiger partial charge in [-0.2, -0.15) is 0 Å². The van der Waals surface area contributed by atoms with E-state index >= 15 is 0 Å². The van der Waals surface area contributed by atoms with Gasteiger partial charge in [0, 0.05) is 31.7 Å². The molecule has 2 heterocycles. The maximum Gasteiger partial charge on any atom is 0.257 e. The zero-order valence-electron chi connectivity index (χ0n) is 16.2. The Balaban J connectivity index is 1.47. The fourth-order valence-electron chi connectivity index (χ4n) is 3.57. The van der Waals surface area contributed by atoms with E-state index in [1.54, 1.807) is 0 Å². The molecule has 1 saturated heterocycles. The molecule has 0 atom stereocenters. The molecule has 1 aromatic heterocycles. The highest BCUT2D eigenvalue weighted by molar-refractivity contribution is 6.04. The van der Waals surface area contributed by atoms with Crippen LogP contribution in [-0.4, -0.2) is 46.7 Å². The summed E-state index contributed by atoms with van der Waals surface area (Å²) in [6.45, 7) is 7.31. The number of rotatable bonds is 6. The molecule has 0 spiro atoms. The summed E-state index contributed by atoms with van der Waals surface area (Å²) < 4.78 is 7.46. The number of amides is 1. The van der Waals surface area contributed by atoms with E-state index in [-0.39, 0.29) is 5.91 Å². The number of carbonyl (C=O) groups is 1. The summed E-state index contributed by atoms with van der Waals surface area (Å²) >= 11 is 0. The summed E-state index contributed by atoms with van der Waals surface area (Å²) in [6.07, 6.45) is 0.972. The summed E-state index contributed by atoms with van der Waals surface area (Å²) in [4.78, 5) is 19.7. The fourth-order valence-corrected chi connectivity index (χ4v) is 3.57. The van der Waals surface area contributed by atoms with Crippen molar-refractivity contribution >= 4 is 22.9 Å². The molecule has 28 heavy (non-hydrogen) atoms. The highest BCUT2D eigenvalue weighted by atomic mass is 16.5. The van der Waals surface area contributed by atoms with Gasteiger partial charge in [-0.25, -0.2) is 4.98 Å². The molecule has 6 heteroatoms. The second-order valence-corrected chi connectivity index (χ2v) is 7.12. The predicted octanol–water partition coefficient (Wildman–Crippen LogP) is 3.53. The van der Waals surface area contributed by atoms with Crippen molar-refractivity contribution in [2.45, 2.75) is 26.4 Å². The maximum atomic E-state index is 12.8. The average molecular weight is 378 g/mol. The predicted molar refractivity (Wildman–Crippen MR) is 111 cm³/mol. The van der Waals surface area contributed by atoms with Crippen molar-refractivity contribution in [3.05, 3.63) is 59.7 Å². The summed E-state index contributed by atoms with van der Waals surface area (Å²) in [7, 11) is 0. The monoisotopic (exact) mass is 378 g/mol. The summed E-state index contributed by atoms with van der Waals surface area (Å²) in [5.74, 6) is 0.469. The smallest absolute Gasteiger partial charge is 0.257 e. The van der Waals surface area contributed by atoms with Crippen molar-refractivity contribution in [1.29, 1.82) is 0 Å². The van der Waals surface area contributed by atoms with Gasteiger partial charge in [0.25, 0.3) is 5.91 Å². The number of nitrogens with zero attached hydrogens (tertiary/aromatic N) is 3. The van der Waals surface area contributed by atoms with Gasteiger partial charge in [0.2, 0.25) is 5.95 Å². The third-order valence-corrected chi connectivity index (χ3v) is 5.05. The van der Waals surface area contributed by atoms with E-state index in [2.05, 4.69) is 26.7 Å². The first kappa shape index (κ1) is 18.7. The maximum absolute atomic E-state index is 12.8. The van der Waals surface area contributed by atoms with Gasteiger partial charge in [-0.3, -0.25) is 15.0 Å². The largest absolute Gasteiger partial charge is 0.379 e. The van der Waals surface area contributed by atoms with E-state index in [0.29, 0.717) is 11.5 Å². The molecule has 1 N–H and O–H groups in total. The van der Waals surface area contributed by atoms with Gasteiger partial charge >= 0.3 is 0 Å². The Morgan fingerprint density at radius 2 is 1.86 bits per heavy atom. The lowest BCUT2D eigenvalue weighted by Crippen LogP contribution is -2.35. The molecule has 0 radical (unpaired) electrons. The van der Waals surface area contributed by atoms with Crippen LogP contribution in [-0.2, 0) is 17.8 Å². The Kier molecular flexibility index (Phi) is 5.69. The molecule has 1 aliphatic heterocycles. The molecule has 2 aromatic carbocycles. The first-order chi connectivity index (χ1) is 13.7. The Labute approximate surface area is 165 Å². The quantitative estimate of drug-likeness (QED) is 0.713. The van der Waals surface area contributed by atoms with Crippen LogP contribution in [0.25, 0.3) is 11.0 Å². The molecule has 1 aliphatic rings. The first-order valence-electron chi connectivity index (χ1n) is 9.90. The van der Waals surface area contributed by atoms with Gasteiger partial charge in [-0.1, -0.05) is 31.2 Å². The van der Waals surface area contributed by atoms with Gasteiger partial charge in [-0.05, 0) is 36.2 Å². The number of aromatic nitrogens is 2. The van der Waals surface area contributed by atoms with E-state index in [9.17, 15) is 4.79 Å². The summed E-state index contributed by atoms with van der Waals surface area (Å²) in [5, 5.41) is 2.99. The van der Waals surface area contributed by atoms with Gasteiger partial charge in [-0.15, -0.1) is 0 Å². The number of aryl methyl sites for hydroxylation is 1. The lowest BCUT2D eigenvalue weighted by molar-refractivity contribution is 0.0342. The minimum Gasteiger partial charge on any atom is -0.379 e. The Morgan fingerprint density at radius 3 is 2.61 bits per heavy atom. The van der Waals surface area contributed by atoms with Crippen molar-refractivity contribution < 1.29 is 9.53 Å². The van der Waals surface area contributed by atoms with E-state index in [0.717, 1.165) is 56.8 Å². The Hall–Kier alpha value is -2.70. The number of fused-ring (bicyclic) bond motifs is 1. The van der Waals surface area contributed by atoms with E-state index in [1.807, 2.05) is 48.5 Å². The van der Waals surface area contributed by atoms with Crippen molar-refractivity contribution in [2.75, 3.05) is 31.6 Å². The number of hydrogen-bond acceptors (Lipinski definition) is 4. The minimum absolute atomic E-state index is 0.134. The first-order valence-corrected chi connectivity index (χ1v) is 9.90. The van der Waals surface area contributed by atoms with Gasteiger partial charge in [0.1, 0.15) is 0 Å². The summed E-state index contributed by atoms with van der Waals surface area (Å²) in [6, 6.07) is 15.8. The molecule has 4 rings (SSSR count). The average Bonchev–Trinajstić information content (AvgIpc) is 3.07. The van der Waals surface area contributed by atoms with Crippen LogP contribution in [0.3, 0.4) is 0 Å². The normalized spacial score (nSPS) is 15.0. The number of morpholine rings is 1. The fraction of sp³-hybridized carbons (Fsp3) is 0.364. The SMILES string of the molecule is CCCn1c(NC(=O)c2ccc(CN3CCOCC3)cc2)nc2ccccc21. The Morgan fingerprint density at radius 1 is 1.11 bits per heavy atom. The van der Waals surface area contributed by atoms with Crippen molar-refractivity contribution in [3.8, 4) is 0 Å². The van der Waals surface area contributed by atoms with Crippen molar-refractivity contribution in [3.63, 3.8) is 0 Å². The molecule has 0 aliphatic carbocycles. The lowest BCUT2D eigenvalue weighted by atomic mass is 10.1. The number of carbonyl (C=O) groups excluding carboxylic acids is 1. The lowest BCUT2D eigenvalue weighted by Gasteiger charge is -2.26. The molecular weight excluding hydrogens is 352 g/mol. The number of para-hydroxylation sites is 2. The second-order valence-electron chi connectivity index (χ2n) is 7.12. The zero-order valence-corrected chi connectivity index (χ0v) is 16.2. The van der Waals surface area contributed by atoms with Crippen molar-refractivity contribution in [2.24, 2.45) is 0 Å². The molecule has 3 aromatic rings. The van der Waals surface area contributed by atoms with Crippen LogP contribution in [0, 0.1) is 0 Å². The van der Waals surface area contributed by atoms with Crippen molar-refractivity contribution in [1.82, 2.24) is 14.5 Å². The van der Waals surface area contributed by atoms with Crippen LogP contribution in [0.5, 0.6) is 0 Å². The van der Waals surface area contributed by atoms with Gasteiger partial charge < -0.3 is 9.30 Å². The number of nitrogens with one attached hydrogen (secondary N) is 1. The minimum atomic E-state index is -0.134. The van der Waals surface area contributed by atoms with Gasteiger partial charge in [0.15, 0.2) is 0 Å². The zero-order chi connectivity index (χ0) is 19.3. The number of hydrogen-bond donors (Lipinski definition) is 1. The highest BCUT2D eigenvalue weighted by Crippen LogP contribution is 2.21. The standard InChI is InChI=1S/C22H26N4O2/c1-2-11-26-20-6-4-3-5-19(20)23-22(26)24-21(27)18-9-7-17(8-10-18)16-25-12-14-28-15-13-25/h3-10H,2,11-16H2,1H3,(H,23,24,27). The van der Waals surface area contributed by atoms with Crippen LogP contribution in [0.2, 0.25) is 0 Å². The number of benzene rings is 2. The van der Waals surface area contributed by atoms with Gasteiger partial charge in [0.05, 0.1) is 24.2 Å². The molecule has 1 fully saturated rings. The second kappa shape index (κ2) is 8.54. The molecular formula is C22H26N4O2.